The second-order valence-electron chi connectivity index (χ2n) is 4.03. The summed E-state index contributed by atoms with van der Waals surface area (Å²) < 4.78 is 0. The first-order valence-corrected chi connectivity index (χ1v) is 5.12. The molecule has 1 rings (SSSR count). The Morgan fingerprint density at radius 3 is 2.33 bits per heavy atom. The summed E-state index contributed by atoms with van der Waals surface area (Å²) >= 11 is 5.68. The molecular formula is C10H18ClN. The van der Waals surface area contributed by atoms with E-state index in [1.807, 2.05) is 0 Å². The monoisotopic (exact) mass is 187 g/mol. The highest BCUT2D eigenvalue weighted by Gasteiger charge is 2.25. The summed E-state index contributed by atoms with van der Waals surface area (Å²) in [4.78, 5) is 2.44. The predicted molar refractivity (Wildman–Crippen MR) is 54.6 cm³/mol. The molecule has 1 saturated heterocycles. The Morgan fingerprint density at radius 1 is 1.42 bits per heavy atom. The zero-order valence-corrected chi connectivity index (χ0v) is 8.77. The number of hydrogen-bond donors (Lipinski definition) is 0. The van der Waals surface area contributed by atoms with Gasteiger partial charge in [-0.2, -0.15) is 0 Å². The van der Waals surface area contributed by atoms with E-state index < -0.39 is 0 Å². The molecule has 1 fully saturated rings. The fourth-order valence-corrected chi connectivity index (χ4v) is 1.82. The third kappa shape index (κ3) is 2.49. The van der Waals surface area contributed by atoms with Gasteiger partial charge in [0.2, 0.25) is 0 Å². The van der Waals surface area contributed by atoms with Crippen LogP contribution >= 0.6 is 11.6 Å². The van der Waals surface area contributed by atoms with E-state index in [2.05, 4.69) is 25.3 Å². The van der Waals surface area contributed by atoms with E-state index in [0.29, 0.717) is 5.88 Å². The predicted octanol–water partition coefficient (Wildman–Crippen LogP) is 2.37. The first kappa shape index (κ1) is 10.1. The van der Waals surface area contributed by atoms with E-state index in [1.165, 1.54) is 13.1 Å². The number of rotatable bonds is 3. The molecule has 0 bridgehead atoms. The summed E-state index contributed by atoms with van der Waals surface area (Å²) in [7, 11) is 0. The molecule has 0 aromatic carbocycles. The van der Waals surface area contributed by atoms with Crippen molar-refractivity contribution in [2.24, 2.45) is 11.8 Å². The Labute approximate surface area is 80.4 Å². The first-order chi connectivity index (χ1) is 5.63. The van der Waals surface area contributed by atoms with Crippen LogP contribution < -0.4 is 0 Å². The number of likely N-dealkylation sites (tertiary alicyclic amines) is 1. The quantitative estimate of drug-likeness (QED) is 0.485. The van der Waals surface area contributed by atoms with E-state index in [-0.39, 0.29) is 0 Å². The molecule has 0 aliphatic carbocycles. The van der Waals surface area contributed by atoms with Crippen LogP contribution in [0, 0.1) is 11.8 Å². The number of hydrogen-bond acceptors (Lipinski definition) is 1. The van der Waals surface area contributed by atoms with Gasteiger partial charge in [-0.05, 0) is 17.4 Å². The molecule has 2 atom stereocenters. The summed E-state index contributed by atoms with van der Waals surface area (Å²) in [6.45, 7) is 11.9. The van der Waals surface area contributed by atoms with Crippen molar-refractivity contribution in [2.75, 3.05) is 25.5 Å². The minimum atomic E-state index is 0.596. The average Bonchev–Trinajstić information content (AvgIpc) is 2.31. The van der Waals surface area contributed by atoms with Gasteiger partial charge in [0.1, 0.15) is 0 Å². The number of halogens is 1. The van der Waals surface area contributed by atoms with Crippen molar-refractivity contribution in [2.45, 2.75) is 13.8 Å². The van der Waals surface area contributed by atoms with E-state index in [4.69, 9.17) is 11.6 Å². The molecule has 2 unspecified atom stereocenters. The zero-order chi connectivity index (χ0) is 9.14. The van der Waals surface area contributed by atoms with Crippen molar-refractivity contribution in [3.63, 3.8) is 0 Å². The largest absolute Gasteiger partial charge is 0.299 e. The van der Waals surface area contributed by atoms with Crippen LogP contribution in [0.5, 0.6) is 0 Å². The molecule has 1 heterocycles. The van der Waals surface area contributed by atoms with Crippen LogP contribution in [0.1, 0.15) is 13.8 Å². The smallest absolute Gasteiger partial charge is 0.0443 e. The zero-order valence-electron chi connectivity index (χ0n) is 8.02. The van der Waals surface area contributed by atoms with Crippen LogP contribution in [0.15, 0.2) is 12.2 Å². The summed E-state index contributed by atoms with van der Waals surface area (Å²) in [5, 5.41) is 0. The van der Waals surface area contributed by atoms with Gasteiger partial charge in [-0.1, -0.05) is 20.4 Å². The fourth-order valence-electron chi connectivity index (χ4n) is 1.74. The molecule has 0 spiro atoms. The van der Waals surface area contributed by atoms with Crippen LogP contribution in [0.25, 0.3) is 0 Å². The van der Waals surface area contributed by atoms with Gasteiger partial charge >= 0.3 is 0 Å². The molecule has 0 saturated carbocycles. The van der Waals surface area contributed by atoms with Gasteiger partial charge in [0.25, 0.3) is 0 Å². The molecular weight excluding hydrogens is 170 g/mol. The standard InChI is InChI=1S/C10H18ClN/c1-8(4-11)5-12-6-9(2)10(3)7-12/h9-10H,1,4-7H2,2-3H3. The Kier molecular flexibility index (Phi) is 3.60. The van der Waals surface area contributed by atoms with Crippen molar-refractivity contribution < 1.29 is 0 Å². The maximum Gasteiger partial charge on any atom is 0.0443 e. The highest BCUT2D eigenvalue weighted by molar-refractivity contribution is 6.19. The van der Waals surface area contributed by atoms with Gasteiger partial charge in [-0.25, -0.2) is 0 Å². The van der Waals surface area contributed by atoms with E-state index in [0.717, 1.165) is 24.0 Å². The molecule has 12 heavy (non-hydrogen) atoms. The molecule has 1 aliphatic heterocycles. The topological polar surface area (TPSA) is 3.24 Å². The third-order valence-corrected chi connectivity index (χ3v) is 3.08. The van der Waals surface area contributed by atoms with Crippen LogP contribution in [0.2, 0.25) is 0 Å². The first-order valence-electron chi connectivity index (χ1n) is 4.58. The Morgan fingerprint density at radius 2 is 1.92 bits per heavy atom. The van der Waals surface area contributed by atoms with Crippen molar-refractivity contribution in [1.82, 2.24) is 4.90 Å². The molecule has 0 radical (unpaired) electrons. The number of alkyl halides is 1. The lowest BCUT2D eigenvalue weighted by molar-refractivity contribution is 0.352. The Bertz CT molecular complexity index is 157. The fraction of sp³-hybridized carbons (Fsp3) is 0.800. The van der Waals surface area contributed by atoms with Gasteiger partial charge in [0, 0.05) is 25.5 Å². The maximum atomic E-state index is 5.68. The normalized spacial score (nSPS) is 30.9. The summed E-state index contributed by atoms with van der Waals surface area (Å²) in [6, 6.07) is 0. The lowest BCUT2D eigenvalue weighted by Gasteiger charge is -2.15. The molecule has 0 aromatic rings. The molecule has 70 valence electrons. The summed E-state index contributed by atoms with van der Waals surface area (Å²) in [6.07, 6.45) is 0. The molecule has 0 amide bonds. The highest BCUT2D eigenvalue weighted by atomic mass is 35.5. The Hall–Kier alpha value is -0.0100. The molecule has 0 N–H and O–H groups in total. The minimum absolute atomic E-state index is 0.596. The van der Waals surface area contributed by atoms with Crippen LogP contribution in [-0.2, 0) is 0 Å². The lowest BCUT2D eigenvalue weighted by atomic mass is 10.0. The van der Waals surface area contributed by atoms with E-state index in [9.17, 15) is 0 Å². The summed E-state index contributed by atoms with van der Waals surface area (Å²) in [5.41, 5.74) is 1.14. The molecule has 1 aliphatic rings. The molecule has 1 nitrogen and oxygen atoms in total. The average molecular weight is 188 g/mol. The van der Waals surface area contributed by atoms with Gasteiger partial charge in [-0.15, -0.1) is 11.6 Å². The SMILES string of the molecule is C=C(CCl)CN1CC(C)C(C)C1. The van der Waals surface area contributed by atoms with Gasteiger partial charge < -0.3 is 0 Å². The van der Waals surface area contributed by atoms with Crippen molar-refractivity contribution in [3.05, 3.63) is 12.2 Å². The molecule has 0 aromatic heterocycles. The summed E-state index contributed by atoms with van der Waals surface area (Å²) in [5.74, 6) is 2.25. The van der Waals surface area contributed by atoms with Gasteiger partial charge in [0.05, 0.1) is 0 Å². The van der Waals surface area contributed by atoms with Crippen LogP contribution in [-0.4, -0.2) is 30.4 Å². The molecule has 2 heteroatoms. The minimum Gasteiger partial charge on any atom is -0.299 e. The second kappa shape index (κ2) is 4.29. The van der Waals surface area contributed by atoms with Crippen LogP contribution in [0.4, 0.5) is 0 Å². The number of nitrogens with zero attached hydrogens (tertiary/aromatic N) is 1. The van der Waals surface area contributed by atoms with Gasteiger partial charge in [0.15, 0.2) is 0 Å². The van der Waals surface area contributed by atoms with Crippen molar-refractivity contribution >= 4 is 11.6 Å². The van der Waals surface area contributed by atoms with Gasteiger partial charge in [-0.3, -0.25) is 4.90 Å². The second-order valence-corrected chi connectivity index (χ2v) is 4.30. The lowest BCUT2D eigenvalue weighted by Crippen LogP contribution is -2.23. The van der Waals surface area contributed by atoms with Crippen molar-refractivity contribution in [1.29, 1.82) is 0 Å². The third-order valence-electron chi connectivity index (χ3n) is 2.70. The maximum absolute atomic E-state index is 5.68. The van der Waals surface area contributed by atoms with Crippen molar-refractivity contribution in [3.8, 4) is 0 Å². The van der Waals surface area contributed by atoms with E-state index in [1.54, 1.807) is 0 Å². The highest BCUT2D eigenvalue weighted by Crippen LogP contribution is 2.22. The van der Waals surface area contributed by atoms with E-state index >= 15 is 0 Å². The van der Waals surface area contributed by atoms with Crippen LogP contribution in [0.3, 0.4) is 0 Å². The Balaban J connectivity index is 2.32.